The van der Waals surface area contributed by atoms with Crippen LogP contribution in [-0.2, 0) is 9.53 Å². The van der Waals surface area contributed by atoms with Crippen LogP contribution in [0.25, 0.3) is 0 Å². The van der Waals surface area contributed by atoms with Crippen molar-refractivity contribution in [2.45, 2.75) is 29.7 Å². The van der Waals surface area contributed by atoms with Gasteiger partial charge in [-0.3, -0.25) is 9.53 Å². The Balaban J connectivity index is 2.36. The smallest absolute Gasteiger partial charge is 0.428 e. The number of rotatable bonds is 4. The number of anilines is 1. The lowest BCUT2D eigenvalue weighted by atomic mass is 9.99. The number of carbonyl (C=O) groups is 2. The lowest BCUT2D eigenvalue weighted by Gasteiger charge is -2.31. The van der Waals surface area contributed by atoms with Crippen LogP contribution in [0.1, 0.15) is 10.4 Å². The molecular weight excluding hydrogens is 405 g/mol. The van der Waals surface area contributed by atoms with Crippen LogP contribution in [0.5, 0.6) is 0 Å². The number of halogens is 9. The lowest BCUT2D eigenvalue weighted by Crippen LogP contribution is -2.63. The van der Waals surface area contributed by atoms with Crippen LogP contribution in [0.15, 0.2) is 24.3 Å². The number of nitrogens with one attached hydrogen (secondary N) is 1. The Bertz CT molecular complexity index is 780. The maximum Gasteiger partial charge on any atom is 0.428 e. The van der Waals surface area contributed by atoms with E-state index in [-0.39, 0.29) is 0 Å². The minimum Gasteiger partial charge on any atom is -0.478 e. The first-order valence-electron chi connectivity index (χ1n) is 6.56. The van der Waals surface area contributed by atoms with E-state index in [4.69, 9.17) is 5.11 Å². The number of aromatic carboxylic acids is 1. The van der Waals surface area contributed by atoms with Crippen molar-refractivity contribution in [2.75, 3.05) is 5.32 Å². The normalized spacial score (nSPS) is 25.8. The fraction of sp³-hybridized carbons (Fsp3) is 0.385. The molecule has 1 aliphatic heterocycles. The molecule has 1 amide bonds. The van der Waals surface area contributed by atoms with Crippen molar-refractivity contribution in [3.8, 4) is 0 Å². The van der Waals surface area contributed by atoms with Gasteiger partial charge >= 0.3 is 41.6 Å². The molecule has 0 aromatic heterocycles. The summed E-state index contributed by atoms with van der Waals surface area (Å²) < 4.78 is 122. The number of benzene rings is 1. The third kappa shape index (κ3) is 2.69. The molecule has 0 aliphatic carbocycles. The molecule has 1 aliphatic rings. The molecule has 150 valence electrons. The highest BCUT2D eigenvalue weighted by atomic mass is 19.4. The van der Waals surface area contributed by atoms with Crippen molar-refractivity contribution in [3.05, 3.63) is 29.8 Å². The van der Waals surface area contributed by atoms with Gasteiger partial charge in [-0.05, 0) is 24.3 Å². The fourth-order valence-corrected chi connectivity index (χ4v) is 2.00. The van der Waals surface area contributed by atoms with Crippen LogP contribution in [0.3, 0.4) is 0 Å². The van der Waals surface area contributed by atoms with Gasteiger partial charge in [-0.25, -0.2) is 4.79 Å². The average Bonchev–Trinajstić information content (AvgIpc) is 2.63. The monoisotopic (exact) mass is 411 g/mol. The highest BCUT2D eigenvalue weighted by molar-refractivity contribution is 5.97. The summed E-state index contributed by atoms with van der Waals surface area (Å²) in [6.45, 7) is 0. The van der Waals surface area contributed by atoms with E-state index in [9.17, 15) is 49.1 Å². The Kier molecular flexibility index (Phi) is 4.42. The summed E-state index contributed by atoms with van der Waals surface area (Å²) in [4.78, 5) is 22.0. The second-order valence-electron chi connectivity index (χ2n) is 5.27. The zero-order valence-corrected chi connectivity index (χ0v) is 12.4. The molecule has 0 radical (unpaired) electrons. The zero-order chi connectivity index (χ0) is 21.1. The number of carboxylic acids is 1. The topological polar surface area (TPSA) is 75.6 Å². The molecule has 1 aromatic carbocycles. The van der Waals surface area contributed by atoms with Gasteiger partial charge in [0.1, 0.15) is 0 Å². The summed E-state index contributed by atoms with van der Waals surface area (Å²) in [6, 6.07) is 2.84. The van der Waals surface area contributed by atoms with Crippen LogP contribution < -0.4 is 5.32 Å². The molecule has 0 bridgehead atoms. The van der Waals surface area contributed by atoms with Gasteiger partial charge < -0.3 is 10.4 Å². The SMILES string of the molecule is O=C(O)c1ccc(NC(=O)C(F)(F)[C@]2(F)OC(F)(F)C(F)(F)C2(F)F)cc1. The maximum atomic E-state index is 14.0. The van der Waals surface area contributed by atoms with Crippen molar-refractivity contribution in [2.24, 2.45) is 0 Å². The predicted octanol–water partition coefficient (Wildman–Crippen LogP) is 3.52. The van der Waals surface area contributed by atoms with Crippen LogP contribution in [-0.4, -0.2) is 46.7 Å². The molecule has 1 heterocycles. The molecule has 1 saturated heterocycles. The number of alkyl halides is 9. The molecule has 0 spiro atoms. The number of carbonyl (C=O) groups excluding carboxylic acids is 1. The molecular formula is C13H6F9NO4. The first-order valence-corrected chi connectivity index (χ1v) is 6.56. The number of carboxylic acid groups (broad SMARTS) is 1. The third-order valence-corrected chi connectivity index (χ3v) is 3.51. The highest BCUT2D eigenvalue weighted by Crippen LogP contribution is 2.64. The number of hydrogen-bond donors (Lipinski definition) is 2. The van der Waals surface area contributed by atoms with Gasteiger partial charge in [-0.2, -0.15) is 39.5 Å². The molecule has 14 heteroatoms. The number of ether oxygens (including phenoxy) is 1. The average molecular weight is 411 g/mol. The van der Waals surface area contributed by atoms with Gasteiger partial charge in [0.2, 0.25) is 0 Å². The fourth-order valence-electron chi connectivity index (χ4n) is 2.00. The van der Waals surface area contributed by atoms with Crippen LogP contribution in [0.2, 0.25) is 0 Å². The van der Waals surface area contributed by atoms with Crippen molar-refractivity contribution in [3.63, 3.8) is 0 Å². The molecule has 1 aromatic rings. The van der Waals surface area contributed by atoms with Gasteiger partial charge in [0.25, 0.3) is 0 Å². The van der Waals surface area contributed by atoms with E-state index in [1.807, 2.05) is 0 Å². The first kappa shape index (κ1) is 20.8. The Morgan fingerprint density at radius 2 is 1.41 bits per heavy atom. The van der Waals surface area contributed by atoms with Gasteiger partial charge in [0.15, 0.2) is 0 Å². The van der Waals surface area contributed by atoms with Gasteiger partial charge in [-0.1, -0.05) is 0 Å². The summed E-state index contributed by atoms with van der Waals surface area (Å²) >= 11 is 0. The minimum absolute atomic E-state index is 0.397. The Morgan fingerprint density at radius 3 is 1.78 bits per heavy atom. The predicted molar refractivity (Wildman–Crippen MR) is 66.7 cm³/mol. The quantitative estimate of drug-likeness (QED) is 0.744. The summed E-state index contributed by atoms with van der Waals surface area (Å²) in [5.74, 6) is -30.5. The molecule has 1 fully saturated rings. The Morgan fingerprint density at radius 1 is 0.926 bits per heavy atom. The molecule has 27 heavy (non-hydrogen) atoms. The van der Waals surface area contributed by atoms with E-state index in [0.29, 0.717) is 12.1 Å². The van der Waals surface area contributed by atoms with E-state index in [1.54, 1.807) is 0 Å². The summed E-state index contributed by atoms with van der Waals surface area (Å²) in [6.07, 6.45) is -6.34. The lowest BCUT2D eigenvalue weighted by molar-refractivity contribution is -0.366. The van der Waals surface area contributed by atoms with Crippen molar-refractivity contribution >= 4 is 17.6 Å². The van der Waals surface area contributed by atoms with Crippen molar-refractivity contribution in [1.29, 1.82) is 0 Å². The zero-order valence-electron chi connectivity index (χ0n) is 12.4. The summed E-state index contributed by atoms with van der Waals surface area (Å²) in [5.41, 5.74) is -1.10. The van der Waals surface area contributed by atoms with E-state index >= 15 is 0 Å². The Labute approximate surface area is 142 Å². The van der Waals surface area contributed by atoms with Crippen LogP contribution >= 0.6 is 0 Å². The molecule has 5 nitrogen and oxygen atoms in total. The van der Waals surface area contributed by atoms with Crippen LogP contribution in [0.4, 0.5) is 45.2 Å². The summed E-state index contributed by atoms with van der Waals surface area (Å²) in [5, 5.41) is 9.74. The van der Waals surface area contributed by atoms with Gasteiger partial charge in [0.05, 0.1) is 5.56 Å². The maximum absolute atomic E-state index is 14.0. The van der Waals surface area contributed by atoms with E-state index in [2.05, 4.69) is 4.74 Å². The highest BCUT2D eigenvalue weighted by Gasteiger charge is 2.96. The van der Waals surface area contributed by atoms with Crippen molar-refractivity contribution < 1.29 is 58.9 Å². The molecule has 0 saturated carbocycles. The number of amides is 1. The van der Waals surface area contributed by atoms with E-state index < -0.39 is 52.9 Å². The molecule has 2 rings (SSSR count). The largest absolute Gasteiger partial charge is 0.478 e. The first-order chi connectivity index (χ1) is 12.0. The standard InChI is InChI=1S/C13H6F9NO4/c14-9(15,8(26)23-6-3-1-5(2-4-6)7(24)25)12(20)10(16,17)11(18,19)13(21,22)27-12/h1-4H,(H,23,26)(H,24,25)/t12-/m0/s1. The second-order valence-corrected chi connectivity index (χ2v) is 5.27. The molecule has 1 atom stereocenters. The van der Waals surface area contributed by atoms with E-state index in [1.165, 1.54) is 0 Å². The minimum atomic E-state index is -6.78. The van der Waals surface area contributed by atoms with E-state index in [0.717, 1.165) is 17.4 Å². The second kappa shape index (κ2) is 5.74. The summed E-state index contributed by atoms with van der Waals surface area (Å²) in [7, 11) is 0. The van der Waals surface area contributed by atoms with Crippen molar-refractivity contribution in [1.82, 2.24) is 0 Å². The third-order valence-electron chi connectivity index (χ3n) is 3.51. The van der Waals surface area contributed by atoms with Gasteiger partial charge in [0, 0.05) is 5.69 Å². The van der Waals surface area contributed by atoms with Gasteiger partial charge in [-0.15, -0.1) is 0 Å². The molecule has 0 unspecified atom stereocenters. The Hall–Kier alpha value is -2.51. The van der Waals surface area contributed by atoms with Crippen LogP contribution in [0, 0.1) is 0 Å². The molecule has 2 N–H and O–H groups in total. The number of hydrogen-bond acceptors (Lipinski definition) is 3.